The van der Waals surface area contributed by atoms with Crippen LogP contribution in [0.4, 0.5) is 4.79 Å². The second kappa shape index (κ2) is 8.41. The van der Waals surface area contributed by atoms with Gasteiger partial charge in [-0.3, -0.25) is 4.79 Å². The maximum absolute atomic E-state index is 11.7. The first-order valence-electron chi connectivity index (χ1n) is 8.00. The van der Waals surface area contributed by atoms with E-state index in [2.05, 4.69) is 22.9 Å². The molecule has 1 aliphatic carbocycles. The molecule has 0 radical (unpaired) electrons. The minimum Gasteiger partial charge on any atom is -0.354 e. The Bertz CT molecular complexity index is 490. The summed E-state index contributed by atoms with van der Waals surface area (Å²) < 4.78 is 0. The van der Waals surface area contributed by atoms with Gasteiger partial charge < -0.3 is 16.0 Å². The minimum absolute atomic E-state index is 0.0298. The molecule has 2 unspecified atom stereocenters. The van der Waals surface area contributed by atoms with Crippen LogP contribution in [0.2, 0.25) is 0 Å². The molecule has 2 rings (SSSR count). The molecule has 1 saturated carbocycles. The third kappa shape index (κ3) is 5.39. The molecule has 0 heterocycles. The highest BCUT2D eigenvalue weighted by Crippen LogP contribution is 2.24. The molecule has 22 heavy (non-hydrogen) atoms. The minimum atomic E-state index is -0.143. The maximum atomic E-state index is 11.7. The van der Waals surface area contributed by atoms with Crippen molar-refractivity contribution in [3.8, 4) is 0 Å². The van der Waals surface area contributed by atoms with E-state index < -0.39 is 0 Å². The molecule has 0 bridgehead atoms. The van der Waals surface area contributed by atoms with E-state index in [-0.39, 0.29) is 18.0 Å². The van der Waals surface area contributed by atoms with Crippen molar-refractivity contribution in [1.29, 1.82) is 0 Å². The molecular formula is C17H25N3O2. The fourth-order valence-electron chi connectivity index (χ4n) is 2.80. The van der Waals surface area contributed by atoms with Crippen molar-refractivity contribution in [2.24, 2.45) is 5.92 Å². The Morgan fingerprint density at radius 2 is 1.82 bits per heavy atom. The van der Waals surface area contributed by atoms with Crippen LogP contribution >= 0.6 is 0 Å². The summed E-state index contributed by atoms with van der Waals surface area (Å²) in [5, 5.41) is 8.59. The second-order valence-corrected chi connectivity index (χ2v) is 5.93. The molecule has 1 aliphatic rings. The Balaban J connectivity index is 1.56. The van der Waals surface area contributed by atoms with Crippen LogP contribution < -0.4 is 16.0 Å². The summed E-state index contributed by atoms with van der Waals surface area (Å²) in [6.45, 7) is 3.05. The van der Waals surface area contributed by atoms with Crippen LogP contribution in [0.1, 0.15) is 31.7 Å². The van der Waals surface area contributed by atoms with E-state index in [0.717, 1.165) is 12.0 Å². The lowest BCUT2D eigenvalue weighted by Gasteiger charge is -2.17. The summed E-state index contributed by atoms with van der Waals surface area (Å²) in [5.41, 5.74) is 0.987. The molecule has 3 amide bonds. The van der Waals surface area contributed by atoms with Gasteiger partial charge in [0.2, 0.25) is 5.91 Å². The molecule has 5 heteroatoms. The number of urea groups is 1. The summed E-state index contributed by atoms with van der Waals surface area (Å²) in [7, 11) is 0. The van der Waals surface area contributed by atoms with Crippen molar-refractivity contribution in [2.45, 2.75) is 38.6 Å². The molecule has 0 spiro atoms. The first kappa shape index (κ1) is 16.3. The van der Waals surface area contributed by atoms with E-state index in [1.165, 1.54) is 12.8 Å². The van der Waals surface area contributed by atoms with Crippen LogP contribution in [-0.2, 0) is 11.2 Å². The summed E-state index contributed by atoms with van der Waals surface area (Å²) >= 11 is 0. The highest BCUT2D eigenvalue weighted by atomic mass is 16.2. The lowest BCUT2D eigenvalue weighted by atomic mass is 10.1. The fraction of sp³-hybridized carbons (Fsp3) is 0.529. The van der Waals surface area contributed by atoms with Gasteiger partial charge in [-0.2, -0.15) is 0 Å². The Morgan fingerprint density at radius 3 is 2.50 bits per heavy atom. The van der Waals surface area contributed by atoms with Crippen molar-refractivity contribution >= 4 is 11.9 Å². The van der Waals surface area contributed by atoms with Crippen molar-refractivity contribution in [3.05, 3.63) is 35.9 Å². The molecule has 0 aromatic heterocycles. The number of carbonyl (C=O) groups is 2. The monoisotopic (exact) mass is 303 g/mol. The lowest BCUT2D eigenvalue weighted by Crippen LogP contribution is -2.45. The molecule has 1 aromatic rings. The summed E-state index contributed by atoms with van der Waals surface area (Å²) in [6, 6.07) is 9.75. The number of amides is 3. The van der Waals surface area contributed by atoms with Crippen molar-refractivity contribution < 1.29 is 9.59 Å². The van der Waals surface area contributed by atoms with Crippen molar-refractivity contribution in [2.75, 3.05) is 13.1 Å². The predicted octanol–water partition coefficient (Wildman–Crippen LogP) is 1.83. The van der Waals surface area contributed by atoms with Gasteiger partial charge in [0.15, 0.2) is 0 Å². The zero-order valence-corrected chi connectivity index (χ0v) is 13.1. The SMILES string of the molecule is CC1CCCC1NC(=O)NCCNC(=O)Cc1ccccc1. The quantitative estimate of drug-likeness (QED) is 0.702. The average Bonchev–Trinajstić information content (AvgIpc) is 2.90. The maximum Gasteiger partial charge on any atom is 0.315 e. The number of rotatable bonds is 6. The predicted molar refractivity (Wildman–Crippen MR) is 86.5 cm³/mol. The van der Waals surface area contributed by atoms with Gasteiger partial charge in [0, 0.05) is 19.1 Å². The van der Waals surface area contributed by atoms with Crippen LogP contribution in [0.15, 0.2) is 30.3 Å². The Labute approximate surface area is 131 Å². The molecule has 1 aromatic carbocycles. The van der Waals surface area contributed by atoms with E-state index in [1.54, 1.807) is 0 Å². The number of benzene rings is 1. The highest BCUT2D eigenvalue weighted by Gasteiger charge is 2.24. The average molecular weight is 303 g/mol. The third-order valence-corrected chi connectivity index (χ3v) is 4.12. The first-order chi connectivity index (χ1) is 10.6. The molecular weight excluding hydrogens is 278 g/mol. The Morgan fingerprint density at radius 1 is 1.09 bits per heavy atom. The van der Waals surface area contributed by atoms with E-state index >= 15 is 0 Å². The van der Waals surface area contributed by atoms with Gasteiger partial charge in [-0.25, -0.2) is 4.79 Å². The number of hydrogen-bond donors (Lipinski definition) is 3. The number of nitrogens with one attached hydrogen (secondary N) is 3. The third-order valence-electron chi connectivity index (χ3n) is 4.12. The van der Waals surface area contributed by atoms with E-state index in [0.29, 0.717) is 25.4 Å². The zero-order valence-electron chi connectivity index (χ0n) is 13.1. The molecule has 3 N–H and O–H groups in total. The van der Waals surface area contributed by atoms with Crippen molar-refractivity contribution in [1.82, 2.24) is 16.0 Å². The normalized spacial score (nSPS) is 20.4. The van der Waals surface area contributed by atoms with E-state index in [4.69, 9.17) is 0 Å². The van der Waals surface area contributed by atoms with Gasteiger partial charge in [0.25, 0.3) is 0 Å². The molecule has 2 atom stereocenters. The van der Waals surface area contributed by atoms with Gasteiger partial charge in [-0.15, -0.1) is 0 Å². The van der Waals surface area contributed by atoms with Crippen LogP contribution in [-0.4, -0.2) is 31.1 Å². The van der Waals surface area contributed by atoms with Gasteiger partial charge >= 0.3 is 6.03 Å². The van der Waals surface area contributed by atoms with Crippen LogP contribution in [0.5, 0.6) is 0 Å². The Hall–Kier alpha value is -2.04. The molecule has 0 saturated heterocycles. The van der Waals surface area contributed by atoms with Gasteiger partial charge in [0.1, 0.15) is 0 Å². The van der Waals surface area contributed by atoms with E-state index in [1.807, 2.05) is 30.3 Å². The topological polar surface area (TPSA) is 70.2 Å². The Kier molecular flexibility index (Phi) is 6.25. The largest absolute Gasteiger partial charge is 0.354 e. The summed E-state index contributed by atoms with van der Waals surface area (Å²) in [4.78, 5) is 23.5. The highest BCUT2D eigenvalue weighted by molar-refractivity contribution is 5.78. The molecule has 1 fully saturated rings. The first-order valence-corrected chi connectivity index (χ1v) is 8.00. The fourth-order valence-corrected chi connectivity index (χ4v) is 2.80. The number of carbonyl (C=O) groups excluding carboxylic acids is 2. The molecule has 120 valence electrons. The zero-order chi connectivity index (χ0) is 15.8. The molecule has 0 aliphatic heterocycles. The second-order valence-electron chi connectivity index (χ2n) is 5.93. The van der Waals surface area contributed by atoms with Gasteiger partial charge in [0.05, 0.1) is 6.42 Å². The molecule has 5 nitrogen and oxygen atoms in total. The lowest BCUT2D eigenvalue weighted by molar-refractivity contribution is -0.120. The van der Waals surface area contributed by atoms with Gasteiger partial charge in [-0.1, -0.05) is 43.7 Å². The summed E-state index contributed by atoms with van der Waals surface area (Å²) in [5.74, 6) is 0.522. The smallest absolute Gasteiger partial charge is 0.315 e. The van der Waals surface area contributed by atoms with E-state index in [9.17, 15) is 9.59 Å². The van der Waals surface area contributed by atoms with Crippen LogP contribution in [0.25, 0.3) is 0 Å². The standard InChI is InChI=1S/C17H25N3O2/c1-13-6-5-9-15(13)20-17(22)19-11-10-18-16(21)12-14-7-3-2-4-8-14/h2-4,7-8,13,15H,5-6,9-12H2,1H3,(H,18,21)(H2,19,20,22). The van der Waals surface area contributed by atoms with Gasteiger partial charge in [-0.05, 0) is 24.3 Å². The number of hydrogen-bond acceptors (Lipinski definition) is 2. The van der Waals surface area contributed by atoms with Crippen molar-refractivity contribution in [3.63, 3.8) is 0 Å². The van der Waals surface area contributed by atoms with Crippen LogP contribution in [0.3, 0.4) is 0 Å². The van der Waals surface area contributed by atoms with Crippen LogP contribution in [0, 0.1) is 5.92 Å². The summed E-state index contributed by atoms with van der Waals surface area (Å²) in [6.07, 6.45) is 3.79.